The van der Waals surface area contributed by atoms with Crippen LogP contribution < -0.4 is 5.73 Å². The van der Waals surface area contributed by atoms with Crippen molar-refractivity contribution in [3.8, 4) is 0 Å². The number of rotatable bonds is 2. The van der Waals surface area contributed by atoms with Gasteiger partial charge in [0, 0.05) is 5.54 Å². The van der Waals surface area contributed by atoms with E-state index in [2.05, 4.69) is 38.1 Å². The Labute approximate surface area is 81.0 Å². The average Bonchev–Trinajstić information content (AvgIpc) is 2.03. The fourth-order valence-electron chi connectivity index (χ4n) is 1.30. The summed E-state index contributed by atoms with van der Waals surface area (Å²) in [6.07, 6.45) is 0. The third-order valence-corrected chi connectivity index (χ3v) is 2.32. The fourth-order valence-corrected chi connectivity index (χ4v) is 1.30. The second kappa shape index (κ2) is 3.51. The van der Waals surface area contributed by atoms with Crippen LogP contribution in [0.1, 0.15) is 44.7 Å². The second-order valence-corrected chi connectivity index (χ2v) is 4.50. The number of hydrogen-bond donors (Lipinski definition) is 1. The van der Waals surface area contributed by atoms with Crippen LogP contribution in [-0.4, -0.2) is 0 Å². The van der Waals surface area contributed by atoms with Crippen molar-refractivity contribution in [2.45, 2.75) is 39.2 Å². The van der Waals surface area contributed by atoms with Gasteiger partial charge in [-0.2, -0.15) is 0 Å². The van der Waals surface area contributed by atoms with E-state index in [1.807, 2.05) is 13.8 Å². The topological polar surface area (TPSA) is 26.0 Å². The van der Waals surface area contributed by atoms with Crippen LogP contribution in [0.5, 0.6) is 0 Å². The van der Waals surface area contributed by atoms with Crippen molar-refractivity contribution in [1.82, 2.24) is 0 Å². The van der Waals surface area contributed by atoms with E-state index in [1.165, 1.54) is 11.1 Å². The van der Waals surface area contributed by atoms with Crippen molar-refractivity contribution >= 4 is 0 Å². The highest BCUT2D eigenvalue weighted by molar-refractivity contribution is 5.28. The monoisotopic (exact) mass is 177 g/mol. The summed E-state index contributed by atoms with van der Waals surface area (Å²) in [6, 6.07) is 8.56. The molecule has 0 amide bonds. The lowest BCUT2D eigenvalue weighted by Gasteiger charge is -2.19. The highest BCUT2D eigenvalue weighted by atomic mass is 14.7. The van der Waals surface area contributed by atoms with E-state index in [1.54, 1.807) is 0 Å². The van der Waals surface area contributed by atoms with Crippen LogP contribution in [-0.2, 0) is 5.54 Å². The van der Waals surface area contributed by atoms with Crippen molar-refractivity contribution in [3.05, 3.63) is 35.4 Å². The Hall–Kier alpha value is -0.820. The minimum Gasteiger partial charge on any atom is -0.322 e. The van der Waals surface area contributed by atoms with Gasteiger partial charge in [-0.25, -0.2) is 0 Å². The summed E-state index contributed by atoms with van der Waals surface area (Å²) < 4.78 is 0. The van der Waals surface area contributed by atoms with E-state index < -0.39 is 0 Å². The molecule has 0 unspecified atom stereocenters. The van der Waals surface area contributed by atoms with Crippen molar-refractivity contribution in [2.24, 2.45) is 5.73 Å². The van der Waals surface area contributed by atoms with Crippen LogP contribution in [0.15, 0.2) is 24.3 Å². The van der Waals surface area contributed by atoms with Gasteiger partial charge in [0.2, 0.25) is 0 Å². The standard InChI is InChI=1S/C12H19N/c1-9(2)10-5-7-11(8-6-10)12(3,4)13/h5-9H,13H2,1-4H3. The van der Waals surface area contributed by atoms with E-state index in [0.29, 0.717) is 5.92 Å². The van der Waals surface area contributed by atoms with E-state index in [4.69, 9.17) is 5.73 Å². The first-order valence-corrected chi connectivity index (χ1v) is 4.80. The molecule has 0 aliphatic carbocycles. The lowest BCUT2D eigenvalue weighted by atomic mass is 9.93. The third-order valence-electron chi connectivity index (χ3n) is 2.32. The molecule has 1 nitrogen and oxygen atoms in total. The van der Waals surface area contributed by atoms with Gasteiger partial charge in [-0.15, -0.1) is 0 Å². The SMILES string of the molecule is CC(C)c1ccc(C(C)(C)N)cc1. The van der Waals surface area contributed by atoms with Gasteiger partial charge in [-0.3, -0.25) is 0 Å². The molecule has 13 heavy (non-hydrogen) atoms. The molecule has 1 heteroatoms. The van der Waals surface area contributed by atoms with Gasteiger partial charge in [0.15, 0.2) is 0 Å². The summed E-state index contributed by atoms with van der Waals surface area (Å²) in [6.45, 7) is 8.44. The summed E-state index contributed by atoms with van der Waals surface area (Å²) >= 11 is 0. The Morgan fingerprint density at radius 2 is 1.54 bits per heavy atom. The first-order valence-electron chi connectivity index (χ1n) is 4.80. The van der Waals surface area contributed by atoms with Crippen LogP contribution in [0.3, 0.4) is 0 Å². The summed E-state index contributed by atoms with van der Waals surface area (Å²) in [5.74, 6) is 0.593. The van der Waals surface area contributed by atoms with Crippen LogP contribution in [0.25, 0.3) is 0 Å². The molecule has 0 aliphatic heterocycles. The van der Waals surface area contributed by atoms with Gasteiger partial charge in [0.05, 0.1) is 0 Å². The predicted molar refractivity (Wildman–Crippen MR) is 57.7 cm³/mol. The molecule has 0 saturated carbocycles. The molecule has 0 aromatic heterocycles. The number of nitrogens with two attached hydrogens (primary N) is 1. The molecular weight excluding hydrogens is 158 g/mol. The zero-order valence-corrected chi connectivity index (χ0v) is 8.96. The Balaban J connectivity index is 2.94. The van der Waals surface area contributed by atoms with Crippen LogP contribution in [0.2, 0.25) is 0 Å². The summed E-state index contributed by atoms with van der Waals surface area (Å²) in [4.78, 5) is 0. The molecule has 0 radical (unpaired) electrons. The van der Waals surface area contributed by atoms with E-state index in [9.17, 15) is 0 Å². The van der Waals surface area contributed by atoms with Crippen LogP contribution >= 0.6 is 0 Å². The van der Waals surface area contributed by atoms with E-state index >= 15 is 0 Å². The highest BCUT2D eigenvalue weighted by Crippen LogP contribution is 2.20. The van der Waals surface area contributed by atoms with Crippen LogP contribution in [0, 0.1) is 0 Å². The maximum Gasteiger partial charge on any atom is 0.0352 e. The molecule has 1 aromatic carbocycles. The summed E-state index contributed by atoms with van der Waals surface area (Å²) in [5.41, 5.74) is 8.32. The molecule has 2 N–H and O–H groups in total. The van der Waals surface area contributed by atoms with Crippen molar-refractivity contribution in [1.29, 1.82) is 0 Å². The predicted octanol–water partition coefficient (Wildman–Crippen LogP) is 3.00. The lowest BCUT2D eigenvalue weighted by molar-refractivity contribution is 0.554. The first-order chi connectivity index (χ1) is 5.91. The van der Waals surface area contributed by atoms with Crippen molar-refractivity contribution < 1.29 is 0 Å². The minimum absolute atomic E-state index is 0.227. The van der Waals surface area contributed by atoms with Gasteiger partial charge in [0.25, 0.3) is 0 Å². The van der Waals surface area contributed by atoms with Crippen molar-refractivity contribution in [2.75, 3.05) is 0 Å². The summed E-state index contributed by atoms with van der Waals surface area (Å²) in [5, 5.41) is 0. The van der Waals surface area contributed by atoms with E-state index in [0.717, 1.165) is 0 Å². The molecular formula is C12H19N. The fraction of sp³-hybridized carbons (Fsp3) is 0.500. The maximum absolute atomic E-state index is 5.98. The molecule has 0 spiro atoms. The quantitative estimate of drug-likeness (QED) is 0.738. The molecule has 0 fully saturated rings. The largest absolute Gasteiger partial charge is 0.322 e. The summed E-state index contributed by atoms with van der Waals surface area (Å²) in [7, 11) is 0. The first kappa shape index (κ1) is 10.3. The smallest absolute Gasteiger partial charge is 0.0352 e. The maximum atomic E-state index is 5.98. The van der Waals surface area contributed by atoms with Gasteiger partial charge in [-0.1, -0.05) is 38.1 Å². The second-order valence-electron chi connectivity index (χ2n) is 4.50. The zero-order valence-electron chi connectivity index (χ0n) is 8.96. The van der Waals surface area contributed by atoms with E-state index in [-0.39, 0.29) is 5.54 Å². The molecule has 0 heterocycles. The molecule has 1 aromatic rings. The van der Waals surface area contributed by atoms with Gasteiger partial charge >= 0.3 is 0 Å². The normalized spacial score (nSPS) is 12.2. The minimum atomic E-state index is -0.227. The Morgan fingerprint density at radius 1 is 1.08 bits per heavy atom. The Kier molecular flexibility index (Phi) is 2.77. The third kappa shape index (κ3) is 2.56. The average molecular weight is 177 g/mol. The van der Waals surface area contributed by atoms with Crippen molar-refractivity contribution in [3.63, 3.8) is 0 Å². The lowest BCUT2D eigenvalue weighted by Crippen LogP contribution is -2.28. The van der Waals surface area contributed by atoms with Gasteiger partial charge in [-0.05, 0) is 30.9 Å². The number of benzene rings is 1. The molecule has 1 rings (SSSR count). The Morgan fingerprint density at radius 3 is 1.85 bits per heavy atom. The molecule has 0 atom stereocenters. The van der Waals surface area contributed by atoms with Gasteiger partial charge in [0.1, 0.15) is 0 Å². The zero-order chi connectivity index (χ0) is 10.1. The Bertz CT molecular complexity index is 264. The molecule has 0 aliphatic rings. The van der Waals surface area contributed by atoms with Crippen LogP contribution in [0.4, 0.5) is 0 Å². The number of hydrogen-bond acceptors (Lipinski definition) is 1. The van der Waals surface area contributed by atoms with Gasteiger partial charge < -0.3 is 5.73 Å². The molecule has 72 valence electrons. The highest BCUT2D eigenvalue weighted by Gasteiger charge is 2.13. The molecule has 0 bridgehead atoms. The molecule has 0 saturated heterocycles.